The highest BCUT2D eigenvalue weighted by Gasteiger charge is 2.57. The van der Waals surface area contributed by atoms with Crippen LogP contribution in [0.1, 0.15) is 26.2 Å². The molecule has 2 heterocycles. The number of hydrogen-bond acceptors (Lipinski definition) is 2. The summed E-state index contributed by atoms with van der Waals surface area (Å²) in [7, 11) is 1.63. The van der Waals surface area contributed by atoms with Crippen LogP contribution in [-0.2, 0) is 5.54 Å². The Hall–Kier alpha value is -2.08. The molecule has 0 amide bonds. The van der Waals surface area contributed by atoms with Crippen molar-refractivity contribution >= 4 is 5.69 Å². The molecule has 2 aliphatic heterocycles. The van der Waals surface area contributed by atoms with E-state index >= 15 is 0 Å². The lowest BCUT2D eigenvalue weighted by atomic mass is 9.76. The normalized spacial score (nSPS) is 32.7. The average molecular weight is 366 g/mol. The van der Waals surface area contributed by atoms with Crippen molar-refractivity contribution in [2.45, 2.75) is 24.1 Å². The number of alkyl halides is 3. The van der Waals surface area contributed by atoms with Gasteiger partial charge in [0, 0.05) is 38.6 Å². The first-order chi connectivity index (χ1) is 13.2. The topological polar surface area (TPSA) is 6.48 Å². The molecule has 4 atom stereocenters. The van der Waals surface area contributed by atoms with E-state index in [1.165, 1.54) is 18.2 Å². The molecule has 2 nitrogen and oxygen atoms in total. The van der Waals surface area contributed by atoms with Crippen LogP contribution >= 0.6 is 0 Å². The summed E-state index contributed by atoms with van der Waals surface area (Å²) < 4.78 is 71.8. The summed E-state index contributed by atoms with van der Waals surface area (Å²) in [6.07, 6.45) is -4.40. The summed E-state index contributed by atoms with van der Waals surface area (Å²) in [6.45, 7) is -3.57. The van der Waals surface area contributed by atoms with Gasteiger partial charge in [-0.2, -0.15) is 13.2 Å². The van der Waals surface area contributed by atoms with Gasteiger partial charge in [-0.1, -0.05) is 30.3 Å². The first-order valence-electron chi connectivity index (χ1n) is 9.57. The van der Waals surface area contributed by atoms with Crippen molar-refractivity contribution in [3.63, 3.8) is 0 Å². The molecule has 1 spiro atoms. The van der Waals surface area contributed by atoms with Gasteiger partial charge in [0.25, 0.3) is 0 Å². The van der Waals surface area contributed by atoms with Gasteiger partial charge in [0.15, 0.2) is 0 Å². The van der Waals surface area contributed by atoms with Crippen LogP contribution in [0.2, 0.25) is 0 Å². The minimum Gasteiger partial charge on any atom is -0.372 e. The monoisotopic (exact) mass is 366 g/mol. The van der Waals surface area contributed by atoms with Crippen molar-refractivity contribution in [3.8, 4) is 0 Å². The number of benzene rings is 2. The molecule has 2 aromatic carbocycles. The Morgan fingerprint density at radius 3 is 2.62 bits per heavy atom. The molecule has 138 valence electrons. The molecule has 0 radical (unpaired) electrons. The number of rotatable bonds is 2. The van der Waals surface area contributed by atoms with E-state index in [0.29, 0.717) is 11.3 Å². The van der Waals surface area contributed by atoms with Crippen molar-refractivity contribution in [2.24, 2.45) is 0 Å². The van der Waals surface area contributed by atoms with E-state index in [0.717, 1.165) is 10.5 Å². The Bertz CT molecular complexity index is 876. The van der Waals surface area contributed by atoms with Crippen LogP contribution in [0.4, 0.5) is 23.2 Å². The summed E-state index contributed by atoms with van der Waals surface area (Å²) in [5.41, 5.74) is 0.175. The van der Waals surface area contributed by atoms with Gasteiger partial charge in [-0.15, -0.1) is 0 Å². The van der Waals surface area contributed by atoms with E-state index < -0.39 is 43.0 Å². The average Bonchev–Trinajstić information content (AvgIpc) is 3.03. The second-order valence-electron chi connectivity index (χ2n) is 6.85. The molecule has 4 rings (SSSR count). The second-order valence-corrected chi connectivity index (χ2v) is 6.85. The molecule has 0 bridgehead atoms. The number of likely N-dealkylation sites (N-methyl/N-ethyl adjacent to an activating group) is 1. The number of hydrogen-bond donors (Lipinski definition) is 0. The van der Waals surface area contributed by atoms with E-state index in [2.05, 4.69) is 0 Å². The fraction of sp³-hybridized carbons (Fsp3) is 0.400. The molecule has 26 heavy (non-hydrogen) atoms. The van der Waals surface area contributed by atoms with Crippen molar-refractivity contribution < 1.29 is 20.3 Å². The molecule has 0 saturated carbocycles. The second kappa shape index (κ2) is 5.98. The Morgan fingerprint density at radius 2 is 1.92 bits per heavy atom. The number of likely N-dealkylation sites (tertiary alicyclic amines) is 1. The first kappa shape index (κ1) is 15.0. The zero-order chi connectivity index (χ0) is 20.3. The van der Waals surface area contributed by atoms with Gasteiger partial charge in [0.1, 0.15) is 5.82 Å². The number of anilines is 1. The highest BCUT2D eigenvalue weighted by Crippen LogP contribution is 2.56. The summed E-state index contributed by atoms with van der Waals surface area (Å²) in [5.74, 6) is -1.10. The third-order valence-electron chi connectivity index (χ3n) is 5.28. The minimum atomic E-state index is -4.54. The van der Waals surface area contributed by atoms with Crippen LogP contribution in [0, 0.1) is 5.82 Å². The highest BCUT2D eigenvalue weighted by atomic mass is 19.4. The Morgan fingerprint density at radius 1 is 1.19 bits per heavy atom. The Balaban J connectivity index is 1.98. The molecule has 0 aromatic heterocycles. The predicted molar refractivity (Wildman–Crippen MR) is 92.8 cm³/mol. The predicted octanol–water partition coefficient (Wildman–Crippen LogP) is 4.52. The minimum absolute atomic E-state index is 0.138. The van der Waals surface area contributed by atoms with Gasteiger partial charge >= 0.3 is 6.18 Å². The van der Waals surface area contributed by atoms with Crippen molar-refractivity contribution in [1.29, 1.82) is 0 Å². The summed E-state index contributed by atoms with van der Waals surface area (Å²) >= 11 is 0. The van der Waals surface area contributed by atoms with Crippen LogP contribution in [0.3, 0.4) is 0 Å². The maximum absolute atomic E-state index is 14.2. The van der Waals surface area contributed by atoms with Crippen LogP contribution in [0.5, 0.6) is 0 Å². The van der Waals surface area contributed by atoms with E-state index in [4.69, 9.17) is 2.74 Å². The number of fused-ring (bicyclic) bond motifs is 2. The van der Waals surface area contributed by atoms with Gasteiger partial charge in [-0.25, -0.2) is 4.39 Å². The van der Waals surface area contributed by atoms with Gasteiger partial charge in [0.2, 0.25) is 0 Å². The molecule has 1 saturated heterocycles. The lowest BCUT2D eigenvalue weighted by Crippen LogP contribution is -2.50. The standard InChI is InChI=1S/C20H20F4N2/c1-25-12-19(17-11-15(21)7-8-18(17)25)16(14-5-3-2-4-6-14)9-10-26(19)13-20(22,23)24/h2-8,11,16H,9-10,12-13H2,1H3/t16-,19+/m1/s1/i10D,12D/t10?,12?,16-,19+. The highest BCUT2D eigenvalue weighted by molar-refractivity contribution is 5.64. The molecule has 6 heteroatoms. The van der Waals surface area contributed by atoms with Gasteiger partial charge in [-0.3, -0.25) is 4.90 Å². The molecular weight excluding hydrogens is 344 g/mol. The fourth-order valence-electron chi connectivity index (χ4n) is 4.31. The lowest BCUT2D eigenvalue weighted by Gasteiger charge is -2.40. The third-order valence-corrected chi connectivity index (χ3v) is 5.28. The van der Waals surface area contributed by atoms with Crippen molar-refractivity contribution in [2.75, 3.05) is 31.5 Å². The van der Waals surface area contributed by atoms with Gasteiger partial charge < -0.3 is 4.90 Å². The van der Waals surface area contributed by atoms with Crippen molar-refractivity contribution in [3.05, 3.63) is 65.5 Å². The van der Waals surface area contributed by atoms with E-state index in [1.54, 1.807) is 36.2 Å². The van der Waals surface area contributed by atoms with E-state index in [9.17, 15) is 17.6 Å². The lowest BCUT2D eigenvalue weighted by molar-refractivity contribution is -0.155. The Kier molecular flexibility index (Phi) is 3.45. The SMILES string of the molecule is [2H]C1C[C@H](c2ccccc2)[C@@]2(c3cc(F)ccc3N(C)C2[2H])N1CC(F)(F)F. The first-order valence-corrected chi connectivity index (χ1v) is 8.42. The largest absolute Gasteiger partial charge is 0.401 e. The maximum atomic E-state index is 14.2. The molecule has 1 fully saturated rings. The smallest absolute Gasteiger partial charge is 0.372 e. The summed E-state index contributed by atoms with van der Waals surface area (Å²) in [4.78, 5) is 2.62. The molecule has 2 aliphatic rings. The third kappa shape index (κ3) is 2.67. The van der Waals surface area contributed by atoms with E-state index in [1.807, 2.05) is 6.07 Å². The fourth-order valence-corrected chi connectivity index (χ4v) is 4.31. The van der Waals surface area contributed by atoms with Gasteiger partial charge in [0.05, 0.1) is 13.5 Å². The molecule has 0 aliphatic carbocycles. The van der Waals surface area contributed by atoms with Crippen molar-refractivity contribution in [1.82, 2.24) is 4.90 Å². The summed E-state index contributed by atoms with van der Waals surface area (Å²) in [5, 5.41) is 0. The van der Waals surface area contributed by atoms with Gasteiger partial charge in [-0.05, 0) is 30.2 Å². The summed E-state index contributed by atoms with van der Waals surface area (Å²) in [6, 6.07) is 13.0. The van der Waals surface area contributed by atoms with Crippen LogP contribution in [0.25, 0.3) is 0 Å². The Labute approximate surface area is 152 Å². The zero-order valence-electron chi connectivity index (χ0n) is 16.2. The van der Waals surface area contributed by atoms with Crippen LogP contribution in [0.15, 0.2) is 48.5 Å². The van der Waals surface area contributed by atoms with E-state index in [-0.39, 0.29) is 6.42 Å². The zero-order valence-corrected chi connectivity index (χ0v) is 14.2. The molecular formula is C20H20F4N2. The number of halogens is 4. The molecule has 2 unspecified atom stereocenters. The quantitative estimate of drug-likeness (QED) is 0.721. The molecule has 0 N–H and O–H groups in total. The maximum Gasteiger partial charge on any atom is 0.401 e. The van der Waals surface area contributed by atoms with Crippen LogP contribution in [-0.4, -0.2) is 37.7 Å². The number of nitrogens with zero attached hydrogens (tertiary/aromatic N) is 2. The van der Waals surface area contributed by atoms with Crippen LogP contribution < -0.4 is 4.90 Å². The molecule has 2 aromatic rings.